The van der Waals surface area contributed by atoms with E-state index in [0.717, 1.165) is 83.3 Å². The van der Waals surface area contributed by atoms with Gasteiger partial charge in [0.25, 0.3) is 0 Å². The summed E-state index contributed by atoms with van der Waals surface area (Å²) in [5, 5.41) is 0. The first kappa shape index (κ1) is 17.7. The van der Waals surface area contributed by atoms with Crippen LogP contribution in [0.15, 0.2) is 12.4 Å². The van der Waals surface area contributed by atoms with Gasteiger partial charge in [-0.15, -0.1) is 0 Å². The molecule has 1 amide bonds. The molecule has 0 radical (unpaired) electrons. The van der Waals surface area contributed by atoms with Crippen LogP contribution in [0, 0.1) is 0 Å². The first-order valence-corrected chi connectivity index (χ1v) is 9.94. The van der Waals surface area contributed by atoms with E-state index in [-0.39, 0.29) is 0 Å². The third-order valence-electron chi connectivity index (χ3n) is 5.79. The zero-order chi connectivity index (χ0) is 17.8. The molecule has 4 heterocycles. The molecule has 3 aliphatic heterocycles. The predicted octanol–water partition coefficient (Wildman–Crippen LogP) is 1.11. The summed E-state index contributed by atoms with van der Waals surface area (Å²) in [6.45, 7) is 7.66. The molecule has 3 saturated heterocycles. The minimum absolute atomic E-state index is 0.295. The molecular formula is C19H29N5O2. The topological polar surface area (TPSA) is 61.8 Å². The van der Waals surface area contributed by atoms with Gasteiger partial charge in [0.1, 0.15) is 12.1 Å². The Kier molecular flexibility index (Phi) is 5.65. The van der Waals surface area contributed by atoms with E-state index in [4.69, 9.17) is 4.74 Å². The predicted molar refractivity (Wildman–Crippen MR) is 99.3 cm³/mol. The van der Waals surface area contributed by atoms with Crippen LogP contribution in [-0.4, -0.2) is 84.7 Å². The van der Waals surface area contributed by atoms with Gasteiger partial charge in [0, 0.05) is 57.9 Å². The lowest BCUT2D eigenvalue weighted by atomic mass is 10.0. The number of piperidine rings is 1. The molecule has 0 aromatic carbocycles. The summed E-state index contributed by atoms with van der Waals surface area (Å²) >= 11 is 0. The van der Waals surface area contributed by atoms with Crippen molar-refractivity contribution in [1.29, 1.82) is 0 Å². The van der Waals surface area contributed by atoms with Crippen LogP contribution in [0.2, 0.25) is 0 Å². The number of aromatic nitrogens is 2. The van der Waals surface area contributed by atoms with Gasteiger partial charge in [-0.1, -0.05) is 0 Å². The Hall–Kier alpha value is -1.73. The molecule has 1 aromatic heterocycles. The highest BCUT2D eigenvalue weighted by Crippen LogP contribution is 2.25. The number of rotatable bonds is 4. The second kappa shape index (κ2) is 8.31. The molecule has 26 heavy (non-hydrogen) atoms. The fourth-order valence-corrected chi connectivity index (χ4v) is 4.10. The van der Waals surface area contributed by atoms with E-state index in [9.17, 15) is 4.79 Å². The van der Waals surface area contributed by atoms with Crippen molar-refractivity contribution in [2.45, 2.75) is 31.6 Å². The standard InChI is InChI=1S/C19H29N5O2/c25-19(24-5-2-1-3-6-24)13-22-7-9-23(10-8-22)18-12-17(20-15-21-18)16-4-11-26-14-16/h12,15-16H,1-11,13-14H2. The third-order valence-corrected chi connectivity index (χ3v) is 5.79. The number of carbonyl (C=O) groups excluding carboxylic acids is 1. The maximum atomic E-state index is 12.4. The number of amides is 1. The fourth-order valence-electron chi connectivity index (χ4n) is 4.10. The van der Waals surface area contributed by atoms with Crippen LogP contribution < -0.4 is 4.90 Å². The highest BCUT2D eigenvalue weighted by molar-refractivity contribution is 5.78. The number of nitrogens with zero attached hydrogens (tertiary/aromatic N) is 5. The summed E-state index contributed by atoms with van der Waals surface area (Å²) < 4.78 is 5.48. The molecule has 0 saturated carbocycles. The fraction of sp³-hybridized carbons (Fsp3) is 0.737. The normalized spacial score (nSPS) is 24.8. The number of likely N-dealkylation sites (tertiary alicyclic amines) is 1. The van der Waals surface area contributed by atoms with Crippen LogP contribution in [0.25, 0.3) is 0 Å². The average Bonchev–Trinajstić information content (AvgIpc) is 3.24. The van der Waals surface area contributed by atoms with Gasteiger partial charge in [-0.05, 0) is 25.7 Å². The molecule has 0 bridgehead atoms. The molecule has 1 atom stereocenters. The Bertz CT molecular complexity index is 606. The molecule has 0 spiro atoms. The van der Waals surface area contributed by atoms with Gasteiger partial charge in [0.15, 0.2) is 0 Å². The smallest absolute Gasteiger partial charge is 0.236 e. The molecule has 4 rings (SSSR count). The summed E-state index contributed by atoms with van der Waals surface area (Å²) in [6, 6.07) is 2.12. The van der Waals surface area contributed by atoms with E-state index >= 15 is 0 Å². The van der Waals surface area contributed by atoms with Gasteiger partial charge in [0.05, 0.1) is 18.8 Å². The lowest BCUT2D eigenvalue weighted by Crippen LogP contribution is -2.51. The molecule has 0 N–H and O–H groups in total. The van der Waals surface area contributed by atoms with Crippen LogP contribution in [0.3, 0.4) is 0 Å². The van der Waals surface area contributed by atoms with E-state index in [1.807, 2.05) is 4.90 Å². The lowest BCUT2D eigenvalue weighted by molar-refractivity contribution is -0.133. The molecule has 3 fully saturated rings. The van der Waals surface area contributed by atoms with Crippen LogP contribution in [-0.2, 0) is 9.53 Å². The van der Waals surface area contributed by atoms with E-state index in [1.165, 1.54) is 6.42 Å². The van der Waals surface area contributed by atoms with Gasteiger partial charge in [-0.2, -0.15) is 0 Å². The van der Waals surface area contributed by atoms with Crippen molar-refractivity contribution in [3.8, 4) is 0 Å². The highest BCUT2D eigenvalue weighted by Gasteiger charge is 2.25. The summed E-state index contributed by atoms with van der Waals surface area (Å²) in [7, 11) is 0. The molecule has 1 unspecified atom stereocenters. The summed E-state index contributed by atoms with van der Waals surface area (Å²) in [5.74, 6) is 1.70. The number of hydrogen-bond acceptors (Lipinski definition) is 6. The summed E-state index contributed by atoms with van der Waals surface area (Å²) in [6.07, 6.45) is 6.29. The van der Waals surface area contributed by atoms with Gasteiger partial charge in [-0.3, -0.25) is 9.69 Å². The Balaban J connectivity index is 1.29. The summed E-state index contributed by atoms with van der Waals surface area (Å²) in [4.78, 5) is 28.0. The molecule has 3 aliphatic rings. The van der Waals surface area contributed by atoms with Crippen LogP contribution in [0.4, 0.5) is 5.82 Å². The molecule has 1 aromatic rings. The number of carbonyl (C=O) groups is 1. The van der Waals surface area contributed by atoms with Gasteiger partial charge in [-0.25, -0.2) is 9.97 Å². The third kappa shape index (κ3) is 4.15. The number of anilines is 1. The van der Waals surface area contributed by atoms with Crippen LogP contribution >= 0.6 is 0 Å². The Labute approximate surface area is 155 Å². The quantitative estimate of drug-likeness (QED) is 0.803. The second-order valence-corrected chi connectivity index (χ2v) is 7.57. The van der Waals surface area contributed by atoms with Gasteiger partial charge in [0.2, 0.25) is 5.91 Å². The van der Waals surface area contributed by atoms with Crippen molar-refractivity contribution in [1.82, 2.24) is 19.8 Å². The largest absolute Gasteiger partial charge is 0.381 e. The van der Waals surface area contributed by atoms with E-state index in [2.05, 4.69) is 25.8 Å². The van der Waals surface area contributed by atoms with Crippen molar-refractivity contribution in [2.75, 3.05) is 63.9 Å². The SMILES string of the molecule is O=C(CN1CCN(c2cc(C3CCOC3)ncn2)CC1)N1CCCCC1. The van der Waals surface area contributed by atoms with Crippen molar-refractivity contribution in [3.05, 3.63) is 18.1 Å². The second-order valence-electron chi connectivity index (χ2n) is 7.57. The monoisotopic (exact) mass is 359 g/mol. The first-order chi connectivity index (χ1) is 12.8. The minimum atomic E-state index is 0.295. The number of ether oxygens (including phenoxy) is 1. The maximum absolute atomic E-state index is 12.4. The molecule has 7 heteroatoms. The summed E-state index contributed by atoms with van der Waals surface area (Å²) in [5.41, 5.74) is 1.09. The zero-order valence-corrected chi connectivity index (χ0v) is 15.5. The van der Waals surface area contributed by atoms with Crippen LogP contribution in [0.5, 0.6) is 0 Å². The zero-order valence-electron chi connectivity index (χ0n) is 15.5. The lowest BCUT2D eigenvalue weighted by Gasteiger charge is -2.36. The number of piperazine rings is 1. The molecule has 0 aliphatic carbocycles. The highest BCUT2D eigenvalue weighted by atomic mass is 16.5. The first-order valence-electron chi connectivity index (χ1n) is 9.94. The molecule has 142 valence electrons. The number of hydrogen-bond donors (Lipinski definition) is 0. The Morgan fingerprint density at radius 1 is 1.08 bits per heavy atom. The van der Waals surface area contributed by atoms with Gasteiger partial charge < -0.3 is 14.5 Å². The maximum Gasteiger partial charge on any atom is 0.236 e. The van der Waals surface area contributed by atoms with Crippen molar-refractivity contribution < 1.29 is 9.53 Å². The Morgan fingerprint density at radius 2 is 1.88 bits per heavy atom. The van der Waals surface area contributed by atoms with Crippen molar-refractivity contribution >= 4 is 11.7 Å². The van der Waals surface area contributed by atoms with E-state index in [1.54, 1.807) is 6.33 Å². The molecular weight excluding hydrogens is 330 g/mol. The average molecular weight is 359 g/mol. The van der Waals surface area contributed by atoms with Crippen molar-refractivity contribution in [2.24, 2.45) is 0 Å². The minimum Gasteiger partial charge on any atom is -0.381 e. The molecule has 7 nitrogen and oxygen atoms in total. The van der Waals surface area contributed by atoms with E-state index in [0.29, 0.717) is 18.4 Å². The van der Waals surface area contributed by atoms with Crippen molar-refractivity contribution in [3.63, 3.8) is 0 Å². The van der Waals surface area contributed by atoms with Crippen LogP contribution in [0.1, 0.15) is 37.3 Å². The van der Waals surface area contributed by atoms with E-state index < -0.39 is 0 Å². The van der Waals surface area contributed by atoms with Gasteiger partial charge >= 0.3 is 0 Å². The Morgan fingerprint density at radius 3 is 2.62 bits per heavy atom.